The second-order valence-electron chi connectivity index (χ2n) is 7.36. The Morgan fingerprint density at radius 3 is 2.30 bits per heavy atom. The number of nitrogens with zero attached hydrogens (tertiary/aromatic N) is 1. The lowest BCUT2D eigenvalue weighted by Crippen LogP contribution is -2.40. The van der Waals surface area contributed by atoms with Crippen LogP contribution < -0.4 is 14.4 Å². The summed E-state index contributed by atoms with van der Waals surface area (Å²) in [6.07, 6.45) is 1.94. The van der Waals surface area contributed by atoms with E-state index in [0.717, 1.165) is 11.3 Å². The minimum atomic E-state index is -0.381. The molecule has 0 N–H and O–H groups in total. The number of benzene rings is 2. The fourth-order valence-corrected chi connectivity index (χ4v) is 4.80. The fraction of sp³-hybridized carbons (Fsp3) is 0.304. The summed E-state index contributed by atoms with van der Waals surface area (Å²) in [6.45, 7) is 0. The quantitative estimate of drug-likeness (QED) is 0.619. The number of rotatable bonds is 4. The molecule has 0 aromatic heterocycles. The van der Waals surface area contributed by atoms with Gasteiger partial charge in [-0.2, -0.15) is 0 Å². The average Bonchev–Trinajstić information content (AvgIpc) is 2.73. The lowest BCUT2D eigenvalue weighted by Gasteiger charge is -2.38. The minimum absolute atomic E-state index is 0.0552. The highest BCUT2D eigenvalue weighted by Gasteiger charge is 2.40. The molecule has 5 nitrogen and oxygen atoms in total. The van der Waals surface area contributed by atoms with E-state index in [2.05, 4.69) is 0 Å². The van der Waals surface area contributed by atoms with Crippen LogP contribution in [0.3, 0.4) is 0 Å². The largest absolute Gasteiger partial charge is 0.497 e. The van der Waals surface area contributed by atoms with Crippen LogP contribution in [0.1, 0.15) is 37.2 Å². The van der Waals surface area contributed by atoms with Crippen molar-refractivity contribution in [2.75, 3.05) is 19.1 Å². The molecule has 0 spiro atoms. The summed E-state index contributed by atoms with van der Waals surface area (Å²) < 4.78 is 10.7. The van der Waals surface area contributed by atoms with Gasteiger partial charge in [-0.25, -0.2) is 0 Å². The Kier molecular flexibility index (Phi) is 5.76. The third kappa shape index (κ3) is 3.68. The van der Waals surface area contributed by atoms with Crippen LogP contribution in [0.15, 0.2) is 47.7 Å². The number of carbonyl (C=O) groups excluding carboxylic acids is 2. The molecule has 156 valence electrons. The van der Waals surface area contributed by atoms with E-state index in [9.17, 15) is 9.59 Å². The maximum absolute atomic E-state index is 13.3. The van der Waals surface area contributed by atoms with Crippen LogP contribution in [0.2, 0.25) is 10.0 Å². The summed E-state index contributed by atoms with van der Waals surface area (Å²) in [4.78, 5) is 28.0. The predicted octanol–water partition coefficient (Wildman–Crippen LogP) is 5.54. The number of ether oxygens (including phenoxy) is 2. The van der Waals surface area contributed by atoms with Gasteiger partial charge in [0.1, 0.15) is 11.5 Å². The van der Waals surface area contributed by atoms with Gasteiger partial charge in [0.15, 0.2) is 5.78 Å². The number of halogens is 2. The van der Waals surface area contributed by atoms with E-state index in [0.29, 0.717) is 52.1 Å². The van der Waals surface area contributed by atoms with Crippen LogP contribution in [-0.4, -0.2) is 25.9 Å². The van der Waals surface area contributed by atoms with Crippen molar-refractivity contribution in [2.24, 2.45) is 0 Å². The summed E-state index contributed by atoms with van der Waals surface area (Å²) in [7, 11) is 3.12. The summed E-state index contributed by atoms with van der Waals surface area (Å²) in [5, 5.41) is 0.974. The van der Waals surface area contributed by atoms with E-state index in [-0.39, 0.29) is 24.0 Å². The summed E-state index contributed by atoms with van der Waals surface area (Å²) in [6, 6.07) is 10.5. The summed E-state index contributed by atoms with van der Waals surface area (Å²) in [5.74, 6) is 0.719. The number of amides is 1. The zero-order valence-corrected chi connectivity index (χ0v) is 18.2. The van der Waals surface area contributed by atoms with Gasteiger partial charge < -0.3 is 9.47 Å². The lowest BCUT2D eigenvalue weighted by atomic mass is 9.77. The molecule has 4 rings (SSSR count). The van der Waals surface area contributed by atoms with Gasteiger partial charge in [0.2, 0.25) is 5.91 Å². The number of hydrogen-bond donors (Lipinski definition) is 0. The molecule has 30 heavy (non-hydrogen) atoms. The minimum Gasteiger partial charge on any atom is -0.497 e. The topological polar surface area (TPSA) is 55.8 Å². The number of carbonyl (C=O) groups is 2. The van der Waals surface area contributed by atoms with E-state index in [1.807, 2.05) is 0 Å². The standard InChI is InChI=1S/C23H21Cl2NO4/c1-29-15-9-14(10-16(11-15)30-2)26-20-4-3-5-21(27)23(20)18(12-22(26)28)17-7-6-13(24)8-19(17)25/h6-11,18H,3-5,12H2,1-2H3. The number of Topliss-reactive ketones (excluding diaryl/α,β-unsaturated/α-hetero) is 1. The van der Waals surface area contributed by atoms with Crippen LogP contribution in [0, 0.1) is 0 Å². The van der Waals surface area contributed by atoms with Crippen LogP contribution in [0.25, 0.3) is 0 Å². The Balaban J connectivity index is 1.88. The third-order valence-electron chi connectivity index (χ3n) is 5.61. The Bertz CT molecular complexity index is 1040. The molecule has 2 aliphatic rings. The van der Waals surface area contributed by atoms with Crippen LogP contribution in [0.4, 0.5) is 5.69 Å². The van der Waals surface area contributed by atoms with Gasteiger partial charge in [-0.05, 0) is 30.5 Å². The number of methoxy groups -OCH3 is 2. The van der Waals surface area contributed by atoms with Crippen molar-refractivity contribution in [1.29, 1.82) is 0 Å². The molecule has 0 saturated carbocycles. The molecule has 1 heterocycles. The molecule has 1 aliphatic carbocycles. The Hall–Kier alpha value is -2.50. The molecule has 1 amide bonds. The molecule has 1 aliphatic heterocycles. The van der Waals surface area contributed by atoms with Crippen molar-refractivity contribution in [3.05, 3.63) is 63.3 Å². The first kappa shape index (κ1) is 20.8. The van der Waals surface area contributed by atoms with Gasteiger partial charge in [-0.3, -0.25) is 14.5 Å². The molecular formula is C23H21Cl2NO4. The van der Waals surface area contributed by atoms with Crippen LogP contribution in [0.5, 0.6) is 11.5 Å². The van der Waals surface area contributed by atoms with Gasteiger partial charge in [0, 0.05) is 58.3 Å². The first-order chi connectivity index (χ1) is 14.4. The van der Waals surface area contributed by atoms with E-state index in [4.69, 9.17) is 32.7 Å². The lowest BCUT2D eigenvalue weighted by molar-refractivity contribution is -0.119. The second-order valence-corrected chi connectivity index (χ2v) is 8.20. The molecule has 7 heteroatoms. The molecule has 2 aromatic rings. The zero-order valence-electron chi connectivity index (χ0n) is 16.7. The normalized spacial score (nSPS) is 19.1. The number of allylic oxidation sites excluding steroid dienone is 2. The SMILES string of the molecule is COc1cc(OC)cc(N2C(=O)CC(c3ccc(Cl)cc3Cl)C3=C2CCCC3=O)c1. The number of hydrogen-bond acceptors (Lipinski definition) is 4. The highest BCUT2D eigenvalue weighted by atomic mass is 35.5. The van der Waals surface area contributed by atoms with Crippen molar-refractivity contribution >= 4 is 40.6 Å². The Morgan fingerprint density at radius 1 is 0.967 bits per heavy atom. The molecule has 0 saturated heterocycles. The molecular weight excluding hydrogens is 425 g/mol. The number of anilines is 1. The first-order valence-electron chi connectivity index (χ1n) is 9.70. The van der Waals surface area contributed by atoms with Crippen molar-refractivity contribution in [2.45, 2.75) is 31.6 Å². The fourth-order valence-electron chi connectivity index (χ4n) is 4.26. The van der Waals surface area contributed by atoms with Crippen LogP contribution in [-0.2, 0) is 9.59 Å². The smallest absolute Gasteiger partial charge is 0.232 e. The van der Waals surface area contributed by atoms with E-state index in [1.54, 1.807) is 55.5 Å². The monoisotopic (exact) mass is 445 g/mol. The molecule has 1 atom stereocenters. The molecule has 0 bridgehead atoms. The van der Waals surface area contributed by atoms with Gasteiger partial charge in [0.25, 0.3) is 0 Å². The maximum Gasteiger partial charge on any atom is 0.232 e. The third-order valence-corrected chi connectivity index (χ3v) is 6.17. The number of ketones is 1. The summed E-state index contributed by atoms with van der Waals surface area (Å²) >= 11 is 12.5. The molecule has 2 aromatic carbocycles. The van der Waals surface area contributed by atoms with Crippen molar-refractivity contribution in [3.8, 4) is 11.5 Å². The van der Waals surface area contributed by atoms with Crippen molar-refractivity contribution in [1.82, 2.24) is 0 Å². The Morgan fingerprint density at radius 2 is 1.67 bits per heavy atom. The van der Waals surface area contributed by atoms with Crippen LogP contribution >= 0.6 is 23.2 Å². The molecule has 0 radical (unpaired) electrons. The summed E-state index contributed by atoms with van der Waals surface area (Å²) in [5.41, 5.74) is 2.76. The van der Waals surface area contributed by atoms with Crippen molar-refractivity contribution < 1.29 is 19.1 Å². The molecule has 0 fully saturated rings. The first-order valence-corrected chi connectivity index (χ1v) is 10.5. The van der Waals surface area contributed by atoms with E-state index in [1.165, 1.54) is 0 Å². The average molecular weight is 446 g/mol. The van der Waals surface area contributed by atoms with Crippen molar-refractivity contribution in [3.63, 3.8) is 0 Å². The highest BCUT2D eigenvalue weighted by molar-refractivity contribution is 6.35. The second kappa shape index (κ2) is 8.32. The van der Waals surface area contributed by atoms with E-state index >= 15 is 0 Å². The predicted molar refractivity (Wildman–Crippen MR) is 117 cm³/mol. The van der Waals surface area contributed by atoms with Gasteiger partial charge in [-0.1, -0.05) is 29.3 Å². The van der Waals surface area contributed by atoms with E-state index < -0.39 is 0 Å². The highest BCUT2D eigenvalue weighted by Crippen LogP contribution is 2.46. The van der Waals surface area contributed by atoms with Gasteiger partial charge in [-0.15, -0.1) is 0 Å². The van der Waals surface area contributed by atoms with Gasteiger partial charge in [0.05, 0.1) is 19.9 Å². The maximum atomic E-state index is 13.3. The molecule has 1 unspecified atom stereocenters. The van der Waals surface area contributed by atoms with Gasteiger partial charge >= 0.3 is 0 Å². The zero-order chi connectivity index (χ0) is 21.4. The Labute approximate surface area is 185 Å².